The van der Waals surface area contributed by atoms with Crippen LogP contribution in [0.5, 0.6) is 0 Å². The molecule has 2 rings (SSSR count). The zero-order valence-corrected chi connectivity index (χ0v) is 20.0. The molecule has 0 saturated carbocycles. The molecule has 0 unspecified atom stereocenters. The molecule has 0 aromatic carbocycles. The van der Waals surface area contributed by atoms with E-state index in [1.165, 1.54) is 4.90 Å². The van der Waals surface area contributed by atoms with E-state index in [0.29, 0.717) is 19.0 Å². The average Bonchev–Trinajstić information content (AvgIpc) is 3.20. The number of furan rings is 1. The first-order valence-corrected chi connectivity index (χ1v) is 9.19. The molecule has 0 bridgehead atoms. The van der Waals surface area contributed by atoms with Crippen molar-refractivity contribution in [2.75, 3.05) is 34.2 Å². The molecular weight excluding hydrogens is 525 g/mol. The van der Waals surface area contributed by atoms with Crippen LogP contribution in [0.25, 0.3) is 0 Å². The Kier molecular flexibility index (Phi) is 9.92. The van der Waals surface area contributed by atoms with Gasteiger partial charge in [-0.15, -0.1) is 24.0 Å². The van der Waals surface area contributed by atoms with Gasteiger partial charge in [0.05, 0.1) is 12.8 Å². The van der Waals surface area contributed by atoms with Crippen molar-refractivity contribution in [3.63, 3.8) is 0 Å². The van der Waals surface area contributed by atoms with Gasteiger partial charge in [-0.25, -0.2) is 4.99 Å². The second-order valence-corrected chi connectivity index (χ2v) is 7.22. The van der Waals surface area contributed by atoms with Crippen LogP contribution in [0.2, 0.25) is 0 Å². The Labute approximate surface area is 185 Å². The molecular formula is C18H27BrIN5O2. The number of amides is 1. The quantitative estimate of drug-likeness (QED) is 0.326. The number of carbonyl (C=O) groups excluding carboxylic acids is 1. The Bertz CT molecular complexity index is 743. The summed E-state index contributed by atoms with van der Waals surface area (Å²) in [6.45, 7) is 1.45. The summed E-state index contributed by atoms with van der Waals surface area (Å²) < 4.78 is 8.46. The third-order valence-corrected chi connectivity index (χ3v) is 4.37. The summed E-state index contributed by atoms with van der Waals surface area (Å²) in [6.07, 6.45) is 4.43. The molecule has 1 amide bonds. The maximum Gasteiger partial charge on any atom is 0.243 e. The van der Waals surface area contributed by atoms with Gasteiger partial charge in [0.15, 0.2) is 5.96 Å². The lowest BCUT2D eigenvalue weighted by Gasteiger charge is -2.23. The highest BCUT2D eigenvalue weighted by Crippen LogP contribution is 2.15. The van der Waals surface area contributed by atoms with Crippen LogP contribution in [0.3, 0.4) is 0 Å². The number of rotatable bonds is 7. The third kappa shape index (κ3) is 7.57. The van der Waals surface area contributed by atoms with Crippen LogP contribution < -0.4 is 5.32 Å². The summed E-state index contributed by atoms with van der Waals surface area (Å²) >= 11 is 3.49. The molecule has 0 aliphatic rings. The van der Waals surface area contributed by atoms with Gasteiger partial charge >= 0.3 is 0 Å². The predicted molar refractivity (Wildman–Crippen MR) is 121 cm³/mol. The second-order valence-electron chi connectivity index (χ2n) is 6.30. The van der Waals surface area contributed by atoms with Gasteiger partial charge in [0.2, 0.25) is 5.91 Å². The SMILES string of the molecule is CN(C)C(=O)CN=C(NCCc1ccco1)N(C)Cc1cc(Br)cn1C.I. The zero-order valence-electron chi connectivity index (χ0n) is 16.1. The molecule has 9 heteroatoms. The van der Waals surface area contributed by atoms with Crippen molar-refractivity contribution in [2.45, 2.75) is 13.0 Å². The number of hydrogen-bond donors (Lipinski definition) is 1. The average molecular weight is 552 g/mol. The zero-order chi connectivity index (χ0) is 19.1. The smallest absolute Gasteiger partial charge is 0.243 e. The molecule has 0 saturated heterocycles. The van der Waals surface area contributed by atoms with E-state index in [9.17, 15) is 4.79 Å². The number of halogens is 2. The van der Waals surface area contributed by atoms with E-state index >= 15 is 0 Å². The standard InChI is InChI=1S/C18H26BrN5O2.HI/c1-22(2)17(25)11-21-18(20-8-7-16-6-5-9-26-16)24(4)13-15-10-14(19)12-23(15)3;/h5-6,9-10,12H,7-8,11,13H2,1-4H3,(H,20,21);1H. The fraction of sp³-hybridized carbons (Fsp3) is 0.444. The van der Waals surface area contributed by atoms with E-state index in [1.54, 1.807) is 20.4 Å². The molecule has 7 nitrogen and oxygen atoms in total. The Morgan fingerprint density at radius 3 is 2.67 bits per heavy atom. The molecule has 0 fully saturated rings. The first-order valence-electron chi connectivity index (χ1n) is 8.39. The van der Waals surface area contributed by atoms with Crippen LogP contribution in [0, 0.1) is 0 Å². The van der Waals surface area contributed by atoms with Gasteiger partial charge in [-0.3, -0.25) is 4.79 Å². The minimum absolute atomic E-state index is 0. The van der Waals surface area contributed by atoms with Crippen molar-refractivity contribution in [1.29, 1.82) is 0 Å². The minimum Gasteiger partial charge on any atom is -0.469 e. The maximum absolute atomic E-state index is 11.9. The topological polar surface area (TPSA) is 66.0 Å². The van der Waals surface area contributed by atoms with Crippen molar-refractivity contribution in [1.82, 2.24) is 19.7 Å². The van der Waals surface area contributed by atoms with E-state index in [2.05, 4.69) is 36.9 Å². The Morgan fingerprint density at radius 2 is 2.11 bits per heavy atom. The van der Waals surface area contributed by atoms with Crippen LogP contribution in [-0.2, 0) is 24.8 Å². The summed E-state index contributed by atoms with van der Waals surface area (Å²) in [5.41, 5.74) is 1.14. The lowest BCUT2D eigenvalue weighted by atomic mass is 10.3. The van der Waals surface area contributed by atoms with Crippen LogP contribution >= 0.6 is 39.9 Å². The van der Waals surface area contributed by atoms with E-state index < -0.39 is 0 Å². The number of aromatic nitrogens is 1. The number of hydrogen-bond acceptors (Lipinski definition) is 3. The van der Waals surface area contributed by atoms with Gasteiger partial charge in [0.25, 0.3) is 0 Å². The Morgan fingerprint density at radius 1 is 1.37 bits per heavy atom. The predicted octanol–water partition coefficient (Wildman–Crippen LogP) is 2.71. The van der Waals surface area contributed by atoms with Crippen molar-refractivity contribution in [2.24, 2.45) is 12.0 Å². The Balaban J connectivity index is 0.00000364. The second kappa shape index (κ2) is 11.4. The molecule has 27 heavy (non-hydrogen) atoms. The monoisotopic (exact) mass is 551 g/mol. The molecule has 0 aliphatic heterocycles. The Hall–Kier alpha value is -1.49. The van der Waals surface area contributed by atoms with Crippen molar-refractivity contribution in [3.8, 4) is 0 Å². The fourth-order valence-electron chi connectivity index (χ4n) is 2.39. The van der Waals surface area contributed by atoms with Crippen LogP contribution in [0.4, 0.5) is 0 Å². The summed E-state index contributed by atoms with van der Waals surface area (Å²) in [5.74, 6) is 1.56. The third-order valence-electron chi connectivity index (χ3n) is 3.93. The van der Waals surface area contributed by atoms with Crippen LogP contribution in [-0.4, -0.2) is 60.5 Å². The number of likely N-dealkylation sites (N-methyl/N-ethyl adjacent to an activating group) is 1. The highest BCUT2D eigenvalue weighted by molar-refractivity contribution is 14.0. The number of guanidine groups is 1. The minimum atomic E-state index is -0.0367. The molecule has 150 valence electrons. The molecule has 1 N–H and O–H groups in total. The van der Waals surface area contributed by atoms with Crippen molar-refractivity contribution >= 4 is 51.8 Å². The molecule has 2 heterocycles. The highest BCUT2D eigenvalue weighted by Gasteiger charge is 2.12. The van der Waals surface area contributed by atoms with Crippen LogP contribution in [0.1, 0.15) is 11.5 Å². The molecule has 0 radical (unpaired) electrons. The number of aliphatic imine (C=N–C) groups is 1. The summed E-state index contributed by atoms with van der Waals surface area (Å²) in [4.78, 5) is 19.9. The molecule has 2 aromatic heterocycles. The highest BCUT2D eigenvalue weighted by atomic mass is 127. The maximum atomic E-state index is 11.9. The van der Waals surface area contributed by atoms with E-state index in [-0.39, 0.29) is 36.4 Å². The van der Waals surface area contributed by atoms with Gasteiger partial charge in [-0.1, -0.05) is 0 Å². The van der Waals surface area contributed by atoms with Gasteiger partial charge in [0.1, 0.15) is 12.3 Å². The van der Waals surface area contributed by atoms with Crippen LogP contribution in [0.15, 0.2) is 44.5 Å². The number of nitrogens with zero attached hydrogens (tertiary/aromatic N) is 4. The largest absolute Gasteiger partial charge is 0.469 e. The molecule has 0 aliphatic carbocycles. The molecule has 0 spiro atoms. The molecule has 0 atom stereocenters. The fourth-order valence-corrected chi connectivity index (χ4v) is 2.96. The van der Waals surface area contributed by atoms with E-state index in [4.69, 9.17) is 4.42 Å². The van der Waals surface area contributed by atoms with Crippen molar-refractivity contribution < 1.29 is 9.21 Å². The van der Waals surface area contributed by atoms with E-state index in [1.807, 2.05) is 37.3 Å². The van der Waals surface area contributed by atoms with E-state index in [0.717, 1.165) is 22.3 Å². The number of carbonyl (C=O) groups is 1. The normalized spacial score (nSPS) is 11.1. The lowest BCUT2D eigenvalue weighted by molar-refractivity contribution is -0.127. The first kappa shape index (κ1) is 23.5. The lowest BCUT2D eigenvalue weighted by Crippen LogP contribution is -2.40. The van der Waals surface area contributed by atoms with Gasteiger partial charge < -0.3 is 24.1 Å². The first-order chi connectivity index (χ1) is 12.4. The van der Waals surface area contributed by atoms with Crippen molar-refractivity contribution in [3.05, 3.63) is 46.6 Å². The molecule has 2 aromatic rings. The van der Waals surface area contributed by atoms with Gasteiger partial charge in [-0.05, 0) is 34.1 Å². The summed E-state index contributed by atoms with van der Waals surface area (Å²) in [6, 6.07) is 5.89. The summed E-state index contributed by atoms with van der Waals surface area (Å²) in [7, 11) is 7.42. The number of nitrogens with one attached hydrogen (secondary N) is 1. The van der Waals surface area contributed by atoms with Gasteiger partial charge in [0, 0.05) is 57.5 Å². The number of aryl methyl sites for hydroxylation is 1. The van der Waals surface area contributed by atoms with Gasteiger partial charge in [-0.2, -0.15) is 0 Å². The summed E-state index contributed by atoms with van der Waals surface area (Å²) in [5, 5.41) is 3.32.